The van der Waals surface area contributed by atoms with Crippen molar-refractivity contribution in [3.63, 3.8) is 0 Å². The molecule has 0 aliphatic carbocycles. The second-order valence-corrected chi connectivity index (χ2v) is 2.97. The van der Waals surface area contributed by atoms with Crippen LogP contribution in [0.2, 0.25) is 0 Å². The molecule has 2 heterocycles. The maximum absolute atomic E-state index is 11.4. The fraction of sp³-hybridized carbons (Fsp3) is 0.200. The van der Waals surface area contributed by atoms with Crippen molar-refractivity contribution in [1.82, 2.24) is 9.97 Å². The van der Waals surface area contributed by atoms with E-state index in [0.717, 1.165) is 5.39 Å². The van der Waals surface area contributed by atoms with Gasteiger partial charge in [-0.05, 0) is 12.1 Å². The summed E-state index contributed by atoms with van der Waals surface area (Å²) in [6.45, 7) is 0.0914. The number of rotatable bonds is 3. The largest absolute Gasteiger partial charge is 0.475 e. The second kappa shape index (κ2) is 4.10. The highest BCUT2D eigenvalue weighted by molar-refractivity contribution is 5.77. The number of H-pyrrole nitrogens is 1. The predicted octanol–water partition coefficient (Wildman–Crippen LogP) is 0.294. The minimum absolute atomic E-state index is 0.0785. The Labute approximate surface area is 85.4 Å². The van der Waals surface area contributed by atoms with Crippen molar-refractivity contribution in [2.24, 2.45) is 0 Å². The van der Waals surface area contributed by atoms with E-state index in [4.69, 9.17) is 9.84 Å². The Morgan fingerprint density at radius 1 is 1.40 bits per heavy atom. The molecule has 2 aromatic heterocycles. The minimum Gasteiger partial charge on any atom is -0.475 e. The standard InChI is InChI=1S/C10H10N2O3/c13-5-6-15-8-2-1-7-3-4-11-10(14)9(7)12-8/h1-4,13H,5-6H2,(H,11,14). The monoisotopic (exact) mass is 206 g/mol. The number of ether oxygens (including phenoxy) is 1. The highest BCUT2D eigenvalue weighted by Crippen LogP contribution is 2.12. The molecule has 0 fully saturated rings. The normalized spacial score (nSPS) is 10.5. The molecule has 0 saturated heterocycles. The van der Waals surface area contributed by atoms with E-state index < -0.39 is 0 Å². The van der Waals surface area contributed by atoms with Gasteiger partial charge < -0.3 is 14.8 Å². The number of hydrogen-bond acceptors (Lipinski definition) is 4. The quantitative estimate of drug-likeness (QED) is 0.757. The average Bonchev–Trinajstić information content (AvgIpc) is 2.27. The highest BCUT2D eigenvalue weighted by atomic mass is 16.5. The van der Waals surface area contributed by atoms with Crippen LogP contribution in [0.1, 0.15) is 0 Å². The maximum atomic E-state index is 11.4. The van der Waals surface area contributed by atoms with Crippen molar-refractivity contribution in [3.05, 3.63) is 34.7 Å². The molecule has 2 N–H and O–H groups in total. The first-order valence-electron chi connectivity index (χ1n) is 4.53. The van der Waals surface area contributed by atoms with Crippen LogP contribution in [0.3, 0.4) is 0 Å². The Kier molecular flexibility index (Phi) is 2.64. The van der Waals surface area contributed by atoms with Crippen LogP contribution in [0.5, 0.6) is 5.88 Å². The molecule has 0 aromatic carbocycles. The minimum atomic E-state index is -0.248. The lowest BCUT2D eigenvalue weighted by molar-refractivity contribution is 0.197. The first-order valence-corrected chi connectivity index (χ1v) is 4.53. The molecule has 0 bridgehead atoms. The van der Waals surface area contributed by atoms with Crippen molar-refractivity contribution in [3.8, 4) is 5.88 Å². The molecular formula is C10H10N2O3. The fourth-order valence-electron chi connectivity index (χ4n) is 1.27. The number of aromatic amines is 1. The van der Waals surface area contributed by atoms with Gasteiger partial charge >= 0.3 is 0 Å². The van der Waals surface area contributed by atoms with E-state index in [9.17, 15) is 4.79 Å². The van der Waals surface area contributed by atoms with Crippen LogP contribution in [0.4, 0.5) is 0 Å². The average molecular weight is 206 g/mol. The van der Waals surface area contributed by atoms with Crippen LogP contribution in [-0.2, 0) is 0 Å². The Morgan fingerprint density at radius 2 is 2.27 bits per heavy atom. The molecule has 0 radical (unpaired) electrons. The van der Waals surface area contributed by atoms with E-state index in [1.165, 1.54) is 0 Å². The van der Waals surface area contributed by atoms with Crippen LogP contribution in [0, 0.1) is 0 Å². The highest BCUT2D eigenvalue weighted by Gasteiger charge is 2.01. The molecule has 0 atom stereocenters. The topological polar surface area (TPSA) is 75.2 Å². The number of fused-ring (bicyclic) bond motifs is 1. The molecule has 5 heteroatoms. The molecular weight excluding hydrogens is 196 g/mol. The van der Waals surface area contributed by atoms with E-state index in [1.807, 2.05) is 0 Å². The van der Waals surface area contributed by atoms with Crippen molar-refractivity contribution in [2.75, 3.05) is 13.2 Å². The number of hydrogen-bond donors (Lipinski definition) is 2. The van der Waals surface area contributed by atoms with Gasteiger partial charge in [0.2, 0.25) is 5.88 Å². The molecule has 2 aromatic rings. The first kappa shape index (κ1) is 9.67. The summed E-state index contributed by atoms with van der Waals surface area (Å²) in [4.78, 5) is 18.0. The molecule has 0 saturated carbocycles. The van der Waals surface area contributed by atoms with E-state index in [2.05, 4.69) is 9.97 Å². The number of pyridine rings is 2. The fourth-order valence-corrected chi connectivity index (χ4v) is 1.27. The zero-order valence-electron chi connectivity index (χ0n) is 7.93. The summed E-state index contributed by atoms with van der Waals surface area (Å²) < 4.78 is 5.10. The van der Waals surface area contributed by atoms with Gasteiger partial charge in [0, 0.05) is 17.6 Å². The van der Waals surface area contributed by atoms with Crippen LogP contribution in [0.15, 0.2) is 29.2 Å². The Balaban J connectivity index is 2.45. The van der Waals surface area contributed by atoms with Crippen LogP contribution in [0.25, 0.3) is 10.9 Å². The summed E-state index contributed by atoms with van der Waals surface area (Å²) in [6.07, 6.45) is 1.57. The summed E-state index contributed by atoms with van der Waals surface area (Å²) in [6, 6.07) is 5.18. The van der Waals surface area contributed by atoms with Crippen molar-refractivity contribution in [1.29, 1.82) is 0 Å². The van der Waals surface area contributed by atoms with Gasteiger partial charge in [0.25, 0.3) is 5.56 Å². The summed E-state index contributed by atoms with van der Waals surface area (Å²) in [7, 11) is 0. The van der Waals surface area contributed by atoms with Gasteiger partial charge in [0.15, 0.2) is 0 Å². The van der Waals surface area contributed by atoms with Gasteiger partial charge in [-0.2, -0.15) is 0 Å². The van der Waals surface area contributed by atoms with Gasteiger partial charge in [0.1, 0.15) is 12.1 Å². The zero-order valence-corrected chi connectivity index (χ0v) is 7.93. The summed E-state index contributed by atoms with van der Waals surface area (Å²) in [5.74, 6) is 0.341. The predicted molar refractivity (Wildman–Crippen MR) is 54.9 cm³/mol. The number of aliphatic hydroxyl groups excluding tert-OH is 1. The van der Waals surface area contributed by atoms with Crippen LogP contribution < -0.4 is 10.3 Å². The number of aromatic nitrogens is 2. The van der Waals surface area contributed by atoms with Gasteiger partial charge in [0.05, 0.1) is 6.61 Å². The van der Waals surface area contributed by atoms with Crippen LogP contribution >= 0.6 is 0 Å². The van der Waals surface area contributed by atoms with Crippen molar-refractivity contribution in [2.45, 2.75) is 0 Å². The molecule has 0 aliphatic rings. The van der Waals surface area contributed by atoms with E-state index >= 15 is 0 Å². The molecule has 0 amide bonds. The van der Waals surface area contributed by atoms with Gasteiger partial charge in [-0.3, -0.25) is 4.79 Å². The van der Waals surface area contributed by atoms with Crippen molar-refractivity contribution >= 4 is 10.9 Å². The maximum Gasteiger partial charge on any atom is 0.274 e. The van der Waals surface area contributed by atoms with Gasteiger partial charge in [-0.25, -0.2) is 4.98 Å². The molecule has 2 rings (SSSR count). The Hall–Kier alpha value is -1.88. The zero-order chi connectivity index (χ0) is 10.7. The van der Waals surface area contributed by atoms with Crippen LogP contribution in [-0.4, -0.2) is 28.3 Å². The van der Waals surface area contributed by atoms with E-state index in [1.54, 1.807) is 24.4 Å². The third kappa shape index (κ3) is 1.97. The molecule has 0 aliphatic heterocycles. The van der Waals surface area contributed by atoms with Crippen molar-refractivity contribution < 1.29 is 9.84 Å². The van der Waals surface area contributed by atoms with E-state index in [-0.39, 0.29) is 18.8 Å². The number of nitrogens with one attached hydrogen (secondary N) is 1. The van der Waals surface area contributed by atoms with Gasteiger partial charge in [-0.15, -0.1) is 0 Å². The first-order chi connectivity index (χ1) is 7.31. The lowest BCUT2D eigenvalue weighted by atomic mass is 10.3. The Morgan fingerprint density at radius 3 is 3.07 bits per heavy atom. The third-order valence-corrected chi connectivity index (χ3v) is 1.93. The molecule has 78 valence electrons. The van der Waals surface area contributed by atoms with E-state index in [0.29, 0.717) is 11.4 Å². The molecule has 0 unspecified atom stereocenters. The number of nitrogens with zero attached hydrogens (tertiary/aromatic N) is 1. The second-order valence-electron chi connectivity index (χ2n) is 2.97. The summed E-state index contributed by atoms with van der Waals surface area (Å²) in [5, 5.41) is 9.33. The SMILES string of the molecule is O=c1[nH]ccc2ccc(OCCO)nc12. The lowest BCUT2D eigenvalue weighted by Crippen LogP contribution is -2.08. The van der Waals surface area contributed by atoms with Gasteiger partial charge in [-0.1, -0.05) is 0 Å². The summed E-state index contributed by atoms with van der Waals surface area (Å²) >= 11 is 0. The Bertz CT molecular complexity index is 521. The molecule has 15 heavy (non-hydrogen) atoms. The summed E-state index contributed by atoms with van der Waals surface area (Å²) in [5.41, 5.74) is 0.0925. The number of aliphatic hydroxyl groups is 1. The lowest BCUT2D eigenvalue weighted by Gasteiger charge is -2.03. The molecule has 5 nitrogen and oxygen atoms in total. The smallest absolute Gasteiger partial charge is 0.274 e. The third-order valence-electron chi connectivity index (χ3n) is 1.93. The molecule has 0 spiro atoms.